The topological polar surface area (TPSA) is 32.5 Å². The number of likely N-dealkylation sites (N-methyl/N-ethyl adjacent to an activating group) is 1. The van der Waals surface area contributed by atoms with E-state index in [9.17, 15) is 0 Å². The molecule has 0 bridgehead atoms. The molecule has 0 rings (SSSR count). The Hall–Kier alpha value is -0.120. The Morgan fingerprint density at radius 3 is 2.17 bits per heavy atom. The fraction of sp³-hybridized carbons (Fsp3) is 1.00. The molecule has 0 aliphatic heterocycles. The molecule has 0 saturated heterocycles. The summed E-state index contributed by atoms with van der Waals surface area (Å²) in [6.07, 6.45) is 7.89. The molecule has 0 radical (unpaired) electrons. The summed E-state index contributed by atoms with van der Waals surface area (Å²) in [4.78, 5) is 4.82. The maximum absolute atomic E-state index is 5.94. The maximum atomic E-state index is 5.94. The van der Waals surface area contributed by atoms with Gasteiger partial charge in [0.25, 0.3) is 0 Å². The monoisotopic (exact) mass is 257 g/mol. The van der Waals surface area contributed by atoms with Crippen LogP contribution in [0, 0.1) is 0 Å². The number of unbranched alkanes of at least 4 members (excludes halogenated alkanes) is 3. The van der Waals surface area contributed by atoms with Crippen LogP contribution in [0.1, 0.15) is 52.4 Å². The van der Waals surface area contributed by atoms with E-state index in [2.05, 4.69) is 37.7 Å². The Labute approximate surface area is 115 Å². The van der Waals surface area contributed by atoms with Crippen LogP contribution in [-0.4, -0.2) is 56.1 Å². The van der Waals surface area contributed by atoms with Gasteiger partial charge in [-0.25, -0.2) is 0 Å². The first-order valence-corrected chi connectivity index (χ1v) is 7.74. The lowest BCUT2D eigenvalue weighted by atomic mass is 10.1. The van der Waals surface area contributed by atoms with Crippen molar-refractivity contribution in [3.63, 3.8) is 0 Å². The smallest absolute Gasteiger partial charge is 0.0218 e. The largest absolute Gasteiger partial charge is 0.329 e. The van der Waals surface area contributed by atoms with E-state index >= 15 is 0 Å². The highest BCUT2D eigenvalue weighted by Gasteiger charge is 2.14. The first kappa shape index (κ1) is 17.9. The van der Waals surface area contributed by atoms with Crippen LogP contribution < -0.4 is 5.73 Å². The van der Waals surface area contributed by atoms with E-state index in [0.717, 1.165) is 13.1 Å². The molecule has 0 amide bonds. The van der Waals surface area contributed by atoms with E-state index < -0.39 is 0 Å². The molecule has 1 atom stereocenters. The highest BCUT2D eigenvalue weighted by atomic mass is 15.2. The molecule has 0 spiro atoms. The molecule has 0 fully saturated rings. The number of rotatable bonds is 12. The van der Waals surface area contributed by atoms with Crippen molar-refractivity contribution in [3.8, 4) is 0 Å². The molecule has 3 nitrogen and oxygen atoms in total. The molecule has 1 unspecified atom stereocenters. The first-order chi connectivity index (χ1) is 8.65. The van der Waals surface area contributed by atoms with Gasteiger partial charge >= 0.3 is 0 Å². The van der Waals surface area contributed by atoms with Crippen LogP contribution in [0.4, 0.5) is 0 Å². The second-order valence-electron chi connectivity index (χ2n) is 5.52. The average Bonchev–Trinajstić information content (AvgIpc) is 2.35. The predicted molar refractivity (Wildman–Crippen MR) is 82.0 cm³/mol. The molecule has 0 aliphatic rings. The lowest BCUT2D eigenvalue weighted by molar-refractivity contribution is 0.188. The SMILES string of the molecule is CCCCCCC(CN)N(CC)CCCN(C)C. The molecule has 110 valence electrons. The molecule has 0 aromatic rings. The maximum Gasteiger partial charge on any atom is 0.0218 e. The fourth-order valence-electron chi connectivity index (χ4n) is 2.45. The van der Waals surface area contributed by atoms with Crippen molar-refractivity contribution < 1.29 is 0 Å². The summed E-state index contributed by atoms with van der Waals surface area (Å²) >= 11 is 0. The van der Waals surface area contributed by atoms with Crippen LogP contribution in [-0.2, 0) is 0 Å². The second kappa shape index (κ2) is 11.9. The van der Waals surface area contributed by atoms with Gasteiger partial charge in [-0.2, -0.15) is 0 Å². The highest BCUT2D eigenvalue weighted by molar-refractivity contribution is 4.72. The molecule has 0 aliphatic carbocycles. The minimum absolute atomic E-state index is 0.592. The Bertz CT molecular complexity index is 171. The number of hydrogen-bond donors (Lipinski definition) is 1. The summed E-state index contributed by atoms with van der Waals surface area (Å²) in [6, 6.07) is 0.592. The van der Waals surface area contributed by atoms with E-state index in [1.54, 1.807) is 0 Å². The van der Waals surface area contributed by atoms with Gasteiger partial charge in [0.15, 0.2) is 0 Å². The van der Waals surface area contributed by atoms with Crippen LogP contribution in [0.25, 0.3) is 0 Å². The van der Waals surface area contributed by atoms with E-state index in [1.807, 2.05) is 0 Å². The number of nitrogens with zero attached hydrogens (tertiary/aromatic N) is 2. The van der Waals surface area contributed by atoms with Crippen LogP contribution in [0.15, 0.2) is 0 Å². The summed E-state index contributed by atoms with van der Waals surface area (Å²) < 4.78 is 0. The molecular formula is C15H35N3. The number of hydrogen-bond acceptors (Lipinski definition) is 3. The summed E-state index contributed by atoms with van der Waals surface area (Å²) in [5.41, 5.74) is 5.94. The third-order valence-corrected chi connectivity index (χ3v) is 3.64. The van der Waals surface area contributed by atoms with Crippen molar-refractivity contribution >= 4 is 0 Å². The third-order valence-electron chi connectivity index (χ3n) is 3.64. The quantitative estimate of drug-likeness (QED) is 0.545. The molecule has 2 N–H and O–H groups in total. The highest BCUT2D eigenvalue weighted by Crippen LogP contribution is 2.11. The summed E-state index contributed by atoms with van der Waals surface area (Å²) in [5.74, 6) is 0. The third kappa shape index (κ3) is 8.90. The zero-order valence-corrected chi connectivity index (χ0v) is 13.1. The van der Waals surface area contributed by atoms with Gasteiger partial charge in [0.2, 0.25) is 0 Å². The van der Waals surface area contributed by atoms with Crippen LogP contribution in [0.3, 0.4) is 0 Å². The molecule has 3 heteroatoms. The minimum atomic E-state index is 0.592. The Morgan fingerprint density at radius 2 is 1.67 bits per heavy atom. The Morgan fingerprint density at radius 1 is 0.944 bits per heavy atom. The van der Waals surface area contributed by atoms with Gasteiger partial charge in [-0.1, -0.05) is 39.5 Å². The van der Waals surface area contributed by atoms with Crippen molar-refractivity contribution in [1.29, 1.82) is 0 Å². The first-order valence-electron chi connectivity index (χ1n) is 7.74. The lowest BCUT2D eigenvalue weighted by Gasteiger charge is -2.30. The van der Waals surface area contributed by atoms with Crippen LogP contribution in [0.5, 0.6) is 0 Å². The van der Waals surface area contributed by atoms with Gasteiger partial charge in [0, 0.05) is 12.6 Å². The van der Waals surface area contributed by atoms with Crippen LogP contribution >= 0.6 is 0 Å². The van der Waals surface area contributed by atoms with Gasteiger partial charge in [0.05, 0.1) is 0 Å². The minimum Gasteiger partial charge on any atom is -0.329 e. The lowest BCUT2D eigenvalue weighted by Crippen LogP contribution is -2.41. The van der Waals surface area contributed by atoms with Gasteiger partial charge in [-0.05, 0) is 46.6 Å². The van der Waals surface area contributed by atoms with Crippen LogP contribution in [0.2, 0.25) is 0 Å². The zero-order chi connectivity index (χ0) is 13.8. The van der Waals surface area contributed by atoms with E-state index in [1.165, 1.54) is 51.6 Å². The average molecular weight is 257 g/mol. The molecule has 0 saturated carbocycles. The molecule has 0 aromatic carbocycles. The molecular weight excluding hydrogens is 222 g/mol. The van der Waals surface area contributed by atoms with Crippen molar-refractivity contribution in [3.05, 3.63) is 0 Å². The fourth-order valence-corrected chi connectivity index (χ4v) is 2.45. The predicted octanol–water partition coefficient (Wildman–Crippen LogP) is 2.56. The molecule has 18 heavy (non-hydrogen) atoms. The van der Waals surface area contributed by atoms with Crippen molar-refractivity contribution in [2.75, 3.05) is 40.3 Å². The standard InChI is InChI=1S/C15H35N3/c1-5-7-8-9-11-15(14-16)18(6-2)13-10-12-17(3)4/h15H,5-14,16H2,1-4H3. The van der Waals surface area contributed by atoms with Crippen molar-refractivity contribution in [2.24, 2.45) is 5.73 Å². The van der Waals surface area contributed by atoms with E-state index in [0.29, 0.717) is 6.04 Å². The summed E-state index contributed by atoms with van der Waals surface area (Å²) in [6.45, 7) is 8.81. The molecule has 0 aromatic heterocycles. The second-order valence-corrected chi connectivity index (χ2v) is 5.52. The van der Waals surface area contributed by atoms with Crippen molar-refractivity contribution in [1.82, 2.24) is 9.80 Å². The summed E-state index contributed by atoms with van der Waals surface area (Å²) in [7, 11) is 4.28. The van der Waals surface area contributed by atoms with Crippen molar-refractivity contribution in [2.45, 2.75) is 58.4 Å². The zero-order valence-electron chi connectivity index (χ0n) is 13.1. The number of nitrogens with two attached hydrogens (primary N) is 1. The van der Waals surface area contributed by atoms with Gasteiger partial charge in [0.1, 0.15) is 0 Å². The van der Waals surface area contributed by atoms with Gasteiger partial charge < -0.3 is 10.6 Å². The summed E-state index contributed by atoms with van der Waals surface area (Å²) in [5, 5.41) is 0. The van der Waals surface area contributed by atoms with E-state index in [-0.39, 0.29) is 0 Å². The Balaban J connectivity index is 3.89. The Kier molecular flexibility index (Phi) is 11.9. The van der Waals surface area contributed by atoms with E-state index in [4.69, 9.17) is 5.73 Å². The van der Waals surface area contributed by atoms with Gasteiger partial charge in [-0.3, -0.25) is 4.90 Å². The normalized spacial score (nSPS) is 13.5. The van der Waals surface area contributed by atoms with Gasteiger partial charge in [-0.15, -0.1) is 0 Å². The molecule has 0 heterocycles.